The molecule has 0 saturated carbocycles. The summed E-state index contributed by atoms with van der Waals surface area (Å²) in [4.78, 5) is 22.0. The summed E-state index contributed by atoms with van der Waals surface area (Å²) in [7, 11) is 0. The molecule has 1 atom stereocenters. The summed E-state index contributed by atoms with van der Waals surface area (Å²) in [6, 6.07) is 4.99. The molecule has 6 nitrogen and oxygen atoms in total. The fraction of sp³-hybridized carbons (Fsp3) is 0.389. The van der Waals surface area contributed by atoms with Gasteiger partial charge in [0.1, 0.15) is 6.10 Å². The van der Waals surface area contributed by atoms with E-state index in [1.54, 1.807) is 17.0 Å². The van der Waals surface area contributed by atoms with E-state index in [0.717, 1.165) is 18.3 Å². The van der Waals surface area contributed by atoms with Crippen LogP contribution in [0, 0.1) is 0 Å². The summed E-state index contributed by atoms with van der Waals surface area (Å²) in [6.07, 6.45) is -1.87. The van der Waals surface area contributed by atoms with Crippen LogP contribution >= 0.6 is 0 Å². The highest BCUT2D eigenvalue weighted by atomic mass is 19.4. The van der Waals surface area contributed by atoms with Crippen molar-refractivity contribution >= 4 is 5.91 Å². The summed E-state index contributed by atoms with van der Waals surface area (Å²) in [5.41, 5.74) is -0.407. The molecule has 0 spiro atoms. The van der Waals surface area contributed by atoms with E-state index in [9.17, 15) is 18.0 Å². The summed E-state index contributed by atoms with van der Waals surface area (Å²) >= 11 is 0. The molecule has 1 saturated heterocycles. The van der Waals surface area contributed by atoms with E-state index in [1.807, 2.05) is 6.92 Å². The minimum Gasteiger partial charge on any atom is -0.478 e. The molecule has 0 bridgehead atoms. The molecule has 0 aromatic carbocycles. The zero-order chi connectivity index (χ0) is 19.4. The third-order valence-corrected chi connectivity index (χ3v) is 4.06. The second-order valence-corrected chi connectivity index (χ2v) is 5.98. The molecular weight excluding hydrogens is 363 g/mol. The zero-order valence-electron chi connectivity index (χ0n) is 14.6. The molecule has 1 aliphatic rings. The van der Waals surface area contributed by atoms with Gasteiger partial charge >= 0.3 is 6.18 Å². The van der Waals surface area contributed by atoms with Crippen LogP contribution in [0.3, 0.4) is 0 Å². The number of halogens is 3. The second kappa shape index (κ2) is 7.81. The van der Waals surface area contributed by atoms with E-state index in [2.05, 4.69) is 9.97 Å². The molecule has 0 aliphatic carbocycles. The number of rotatable bonds is 5. The van der Waals surface area contributed by atoms with Crippen LogP contribution in [0.2, 0.25) is 0 Å². The summed E-state index contributed by atoms with van der Waals surface area (Å²) in [5, 5.41) is 0. The molecule has 144 valence electrons. The molecule has 1 fully saturated rings. The number of nitrogens with zero attached hydrogens (tertiary/aromatic N) is 3. The maximum absolute atomic E-state index is 12.8. The smallest absolute Gasteiger partial charge is 0.416 e. The number of amides is 1. The first-order valence-corrected chi connectivity index (χ1v) is 8.45. The van der Waals surface area contributed by atoms with E-state index in [4.69, 9.17) is 9.47 Å². The van der Waals surface area contributed by atoms with Crippen molar-refractivity contribution in [2.24, 2.45) is 0 Å². The van der Waals surface area contributed by atoms with Crippen molar-refractivity contribution in [3.63, 3.8) is 0 Å². The first-order valence-electron chi connectivity index (χ1n) is 8.45. The number of likely N-dealkylation sites (tertiary alicyclic amines) is 1. The van der Waals surface area contributed by atoms with Gasteiger partial charge in [0.05, 0.1) is 24.3 Å². The van der Waals surface area contributed by atoms with E-state index in [0.29, 0.717) is 31.0 Å². The largest absolute Gasteiger partial charge is 0.478 e. The molecule has 2 aromatic heterocycles. The number of alkyl halides is 3. The first-order chi connectivity index (χ1) is 12.9. The standard InChI is InChI=1S/C18H18F3N3O3/c1-2-26-15-4-3-12(10-23-15)17(25)24-8-6-14(11-24)27-16-9-13(5-7-22-16)18(19,20)21/h3-5,7,9-10,14H,2,6,8,11H2,1H3. The van der Waals surface area contributed by atoms with Crippen LogP contribution in [0.1, 0.15) is 29.3 Å². The van der Waals surface area contributed by atoms with Gasteiger partial charge in [0.15, 0.2) is 0 Å². The zero-order valence-corrected chi connectivity index (χ0v) is 14.6. The first kappa shape index (κ1) is 18.9. The molecule has 1 aliphatic heterocycles. The maximum atomic E-state index is 12.8. The second-order valence-electron chi connectivity index (χ2n) is 5.98. The lowest BCUT2D eigenvalue weighted by molar-refractivity contribution is -0.137. The highest BCUT2D eigenvalue weighted by molar-refractivity contribution is 5.94. The number of aromatic nitrogens is 2. The normalized spacial score (nSPS) is 17.0. The summed E-state index contributed by atoms with van der Waals surface area (Å²) < 4.78 is 49.1. The van der Waals surface area contributed by atoms with E-state index >= 15 is 0 Å². The molecule has 2 aromatic rings. The van der Waals surface area contributed by atoms with Crippen molar-refractivity contribution in [3.8, 4) is 11.8 Å². The van der Waals surface area contributed by atoms with Crippen LogP contribution in [0.5, 0.6) is 11.8 Å². The highest BCUT2D eigenvalue weighted by Crippen LogP contribution is 2.31. The minimum absolute atomic E-state index is 0.105. The van der Waals surface area contributed by atoms with E-state index < -0.39 is 17.8 Å². The van der Waals surface area contributed by atoms with Gasteiger partial charge in [-0.25, -0.2) is 9.97 Å². The Morgan fingerprint density at radius 1 is 1.26 bits per heavy atom. The lowest BCUT2D eigenvalue weighted by Gasteiger charge is -2.17. The topological polar surface area (TPSA) is 64.5 Å². The number of carbonyl (C=O) groups excluding carboxylic acids is 1. The van der Waals surface area contributed by atoms with E-state index in [-0.39, 0.29) is 18.3 Å². The Kier molecular flexibility index (Phi) is 5.48. The summed E-state index contributed by atoms with van der Waals surface area (Å²) in [5.74, 6) is 0.118. The molecule has 27 heavy (non-hydrogen) atoms. The third-order valence-electron chi connectivity index (χ3n) is 4.06. The van der Waals surface area contributed by atoms with Gasteiger partial charge in [-0.05, 0) is 19.1 Å². The average Bonchev–Trinajstić information content (AvgIpc) is 3.10. The molecule has 1 amide bonds. The fourth-order valence-corrected chi connectivity index (χ4v) is 2.75. The maximum Gasteiger partial charge on any atom is 0.416 e. The number of carbonyl (C=O) groups is 1. The van der Waals surface area contributed by atoms with Gasteiger partial charge in [-0.3, -0.25) is 4.79 Å². The van der Waals surface area contributed by atoms with Gasteiger partial charge in [-0.15, -0.1) is 0 Å². The number of pyridine rings is 2. The molecule has 0 N–H and O–H groups in total. The number of ether oxygens (including phenoxy) is 2. The van der Waals surface area contributed by atoms with Crippen molar-refractivity contribution in [1.29, 1.82) is 0 Å². The lowest BCUT2D eigenvalue weighted by Crippen LogP contribution is -2.31. The quantitative estimate of drug-likeness (QED) is 0.796. The molecule has 3 heterocycles. The lowest BCUT2D eigenvalue weighted by atomic mass is 10.2. The molecule has 9 heteroatoms. The Labute approximate surface area is 153 Å². The van der Waals surface area contributed by atoms with Crippen LogP contribution in [-0.2, 0) is 6.18 Å². The SMILES string of the molecule is CCOc1ccc(C(=O)N2CCC(Oc3cc(C(F)(F)F)ccn3)C2)cn1. The monoisotopic (exact) mass is 381 g/mol. The number of hydrogen-bond donors (Lipinski definition) is 0. The van der Waals surface area contributed by atoms with Crippen LogP contribution in [0.15, 0.2) is 36.7 Å². The minimum atomic E-state index is -4.46. The Morgan fingerprint density at radius 3 is 2.74 bits per heavy atom. The van der Waals surface area contributed by atoms with Crippen molar-refractivity contribution in [2.45, 2.75) is 25.6 Å². The van der Waals surface area contributed by atoms with Crippen molar-refractivity contribution in [2.75, 3.05) is 19.7 Å². The predicted octanol–water partition coefficient (Wildman–Crippen LogP) is 3.19. The van der Waals surface area contributed by atoms with Crippen LogP contribution in [0.4, 0.5) is 13.2 Å². The Bertz CT molecular complexity index is 796. The fourth-order valence-electron chi connectivity index (χ4n) is 2.75. The third kappa shape index (κ3) is 4.66. The Hall–Kier alpha value is -2.84. The van der Waals surface area contributed by atoms with Crippen LogP contribution < -0.4 is 9.47 Å². The van der Waals surface area contributed by atoms with Crippen molar-refractivity contribution in [3.05, 3.63) is 47.8 Å². The molecule has 3 rings (SSSR count). The van der Waals surface area contributed by atoms with Gasteiger partial charge in [0.2, 0.25) is 11.8 Å². The van der Waals surface area contributed by atoms with Gasteiger partial charge in [-0.1, -0.05) is 0 Å². The molecule has 1 unspecified atom stereocenters. The average molecular weight is 381 g/mol. The Morgan fingerprint density at radius 2 is 2.07 bits per heavy atom. The van der Waals surface area contributed by atoms with Gasteiger partial charge in [0, 0.05) is 37.5 Å². The van der Waals surface area contributed by atoms with Crippen LogP contribution in [0.25, 0.3) is 0 Å². The molecular formula is C18H18F3N3O3. The van der Waals surface area contributed by atoms with E-state index in [1.165, 1.54) is 6.20 Å². The van der Waals surface area contributed by atoms with Gasteiger partial charge in [-0.2, -0.15) is 13.2 Å². The summed E-state index contributed by atoms with van der Waals surface area (Å²) in [6.45, 7) is 3.03. The van der Waals surface area contributed by atoms with Crippen LogP contribution in [-0.4, -0.2) is 46.6 Å². The predicted molar refractivity (Wildman–Crippen MR) is 89.6 cm³/mol. The van der Waals surface area contributed by atoms with Gasteiger partial charge in [0.25, 0.3) is 5.91 Å². The van der Waals surface area contributed by atoms with Crippen molar-refractivity contribution in [1.82, 2.24) is 14.9 Å². The molecule has 0 radical (unpaired) electrons. The number of hydrogen-bond acceptors (Lipinski definition) is 5. The Balaban J connectivity index is 1.60. The van der Waals surface area contributed by atoms with Crippen molar-refractivity contribution < 1.29 is 27.4 Å². The highest BCUT2D eigenvalue weighted by Gasteiger charge is 2.32. The van der Waals surface area contributed by atoms with Gasteiger partial charge < -0.3 is 14.4 Å².